The van der Waals surface area contributed by atoms with Crippen molar-refractivity contribution in [2.45, 2.75) is 25.3 Å². The average Bonchev–Trinajstić information content (AvgIpc) is 2.50. The third-order valence-electron chi connectivity index (χ3n) is 2.38. The van der Waals surface area contributed by atoms with Crippen LogP contribution in [0.4, 0.5) is 0 Å². The van der Waals surface area contributed by atoms with E-state index in [-0.39, 0.29) is 5.92 Å². The molecule has 11 heavy (non-hydrogen) atoms. The normalized spacial score (nSPS) is 29.9. The van der Waals surface area contributed by atoms with Gasteiger partial charge in [-0.1, -0.05) is 0 Å². The highest BCUT2D eigenvalue weighted by atomic mass is 16.1. The Morgan fingerprint density at radius 2 is 2.09 bits per heavy atom. The molecule has 1 fully saturated rings. The van der Waals surface area contributed by atoms with Gasteiger partial charge in [0.2, 0.25) is 6.41 Å². The molecule has 62 valence electrons. The summed E-state index contributed by atoms with van der Waals surface area (Å²) in [5.74, 6) is 0.183. The zero-order chi connectivity index (χ0) is 8.27. The molecule has 0 aliphatic heterocycles. The first-order chi connectivity index (χ1) is 5.27. The van der Waals surface area contributed by atoms with Gasteiger partial charge in [0.05, 0.1) is 0 Å². The lowest BCUT2D eigenvalue weighted by Gasteiger charge is -2.18. The Morgan fingerprint density at radius 1 is 1.36 bits per heavy atom. The van der Waals surface area contributed by atoms with Gasteiger partial charge in [-0.2, -0.15) is 0 Å². The summed E-state index contributed by atoms with van der Waals surface area (Å²) in [6.07, 6.45) is 4.58. The Kier molecular flexibility index (Phi) is 2.63. The Balaban J connectivity index is 2.40. The van der Waals surface area contributed by atoms with Crippen molar-refractivity contribution in [2.75, 3.05) is 7.05 Å². The monoisotopic (exact) mass is 155 g/mol. The topological polar surface area (TPSA) is 37.4 Å². The van der Waals surface area contributed by atoms with Gasteiger partial charge in [-0.15, -0.1) is 0 Å². The Labute approximate surface area is 66.4 Å². The molecule has 2 atom stereocenters. The minimum absolute atomic E-state index is 0.183. The molecule has 1 aliphatic carbocycles. The van der Waals surface area contributed by atoms with E-state index in [2.05, 4.69) is 0 Å². The molecule has 3 heteroatoms. The van der Waals surface area contributed by atoms with E-state index in [1.54, 1.807) is 11.9 Å². The van der Waals surface area contributed by atoms with Crippen LogP contribution in [-0.2, 0) is 9.59 Å². The molecule has 0 radical (unpaired) electrons. The van der Waals surface area contributed by atoms with E-state index >= 15 is 0 Å². The number of aldehydes is 1. The molecule has 0 aromatic rings. The van der Waals surface area contributed by atoms with Crippen molar-refractivity contribution >= 4 is 12.7 Å². The van der Waals surface area contributed by atoms with Crippen LogP contribution in [-0.4, -0.2) is 30.7 Å². The zero-order valence-electron chi connectivity index (χ0n) is 6.69. The van der Waals surface area contributed by atoms with Crippen molar-refractivity contribution in [1.29, 1.82) is 0 Å². The second kappa shape index (κ2) is 3.51. The molecule has 0 aromatic carbocycles. The maximum absolute atomic E-state index is 10.4. The minimum atomic E-state index is 0.183. The van der Waals surface area contributed by atoms with Crippen molar-refractivity contribution in [3.63, 3.8) is 0 Å². The first-order valence-corrected chi connectivity index (χ1v) is 3.90. The van der Waals surface area contributed by atoms with E-state index in [0.29, 0.717) is 6.04 Å². The summed E-state index contributed by atoms with van der Waals surface area (Å²) in [7, 11) is 1.77. The molecule has 0 N–H and O–H groups in total. The molecule has 1 aliphatic rings. The molecular weight excluding hydrogens is 142 g/mol. The Morgan fingerprint density at radius 3 is 2.55 bits per heavy atom. The molecular formula is C8H13NO2. The molecule has 0 aromatic heterocycles. The molecule has 0 bridgehead atoms. The summed E-state index contributed by atoms with van der Waals surface area (Å²) in [6, 6.07) is 0.294. The SMILES string of the molecule is CN(C=O)[C@H]1CC[C@@H](C=O)C1. The predicted molar refractivity (Wildman–Crippen MR) is 41.0 cm³/mol. The fourth-order valence-electron chi connectivity index (χ4n) is 1.57. The smallest absolute Gasteiger partial charge is 0.209 e. The van der Waals surface area contributed by atoms with Crippen molar-refractivity contribution in [1.82, 2.24) is 4.90 Å². The van der Waals surface area contributed by atoms with Gasteiger partial charge in [0, 0.05) is 19.0 Å². The number of carbonyl (C=O) groups excluding carboxylic acids is 2. The lowest BCUT2D eigenvalue weighted by atomic mass is 10.1. The van der Waals surface area contributed by atoms with Crippen molar-refractivity contribution in [3.8, 4) is 0 Å². The van der Waals surface area contributed by atoms with Gasteiger partial charge in [-0.05, 0) is 19.3 Å². The molecule has 3 nitrogen and oxygen atoms in total. The van der Waals surface area contributed by atoms with Crippen LogP contribution in [0.3, 0.4) is 0 Å². The first-order valence-electron chi connectivity index (χ1n) is 3.90. The summed E-state index contributed by atoms with van der Waals surface area (Å²) in [5.41, 5.74) is 0. The Hall–Kier alpha value is -0.860. The van der Waals surface area contributed by atoms with Crippen molar-refractivity contribution in [2.24, 2.45) is 5.92 Å². The zero-order valence-corrected chi connectivity index (χ0v) is 6.69. The van der Waals surface area contributed by atoms with Gasteiger partial charge in [0.15, 0.2) is 0 Å². The molecule has 0 spiro atoms. The molecule has 0 saturated heterocycles. The predicted octanol–water partition coefficient (Wildman–Crippen LogP) is 0.442. The number of amides is 1. The van der Waals surface area contributed by atoms with E-state index in [4.69, 9.17) is 0 Å². The van der Waals surface area contributed by atoms with E-state index in [1.807, 2.05) is 0 Å². The highest BCUT2D eigenvalue weighted by molar-refractivity contribution is 5.55. The van der Waals surface area contributed by atoms with Crippen LogP contribution in [0.2, 0.25) is 0 Å². The van der Waals surface area contributed by atoms with Gasteiger partial charge in [-0.25, -0.2) is 0 Å². The van der Waals surface area contributed by atoms with Gasteiger partial charge < -0.3 is 9.69 Å². The van der Waals surface area contributed by atoms with Crippen LogP contribution in [0.15, 0.2) is 0 Å². The Bertz CT molecular complexity index is 158. The number of carbonyl (C=O) groups is 2. The number of rotatable bonds is 3. The van der Waals surface area contributed by atoms with E-state index in [1.165, 1.54) is 0 Å². The van der Waals surface area contributed by atoms with Crippen molar-refractivity contribution in [3.05, 3.63) is 0 Å². The summed E-state index contributed by atoms with van der Waals surface area (Å²) in [4.78, 5) is 22.3. The van der Waals surface area contributed by atoms with Crippen LogP contribution < -0.4 is 0 Å². The summed E-state index contributed by atoms with van der Waals surface area (Å²) < 4.78 is 0. The third kappa shape index (κ3) is 1.79. The molecule has 0 unspecified atom stereocenters. The number of hydrogen-bond acceptors (Lipinski definition) is 2. The minimum Gasteiger partial charge on any atom is -0.345 e. The van der Waals surface area contributed by atoms with Crippen LogP contribution in [0, 0.1) is 5.92 Å². The van der Waals surface area contributed by atoms with Crippen LogP contribution >= 0.6 is 0 Å². The summed E-state index contributed by atoms with van der Waals surface area (Å²) in [5, 5.41) is 0. The standard InChI is InChI=1S/C8H13NO2/c1-9(6-11)8-3-2-7(4-8)5-10/h5-8H,2-4H2,1H3/t7-,8+/m1/s1. The highest BCUT2D eigenvalue weighted by Crippen LogP contribution is 2.26. The molecule has 1 amide bonds. The fourth-order valence-corrected chi connectivity index (χ4v) is 1.57. The van der Waals surface area contributed by atoms with Gasteiger partial charge in [0.25, 0.3) is 0 Å². The summed E-state index contributed by atoms with van der Waals surface area (Å²) in [6.45, 7) is 0. The third-order valence-corrected chi connectivity index (χ3v) is 2.38. The van der Waals surface area contributed by atoms with Gasteiger partial charge in [-0.3, -0.25) is 4.79 Å². The maximum atomic E-state index is 10.4. The molecule has 1 rings (SSSR count). The molecule has 0 heterocycles. The van der Waals surface area contributed by atoms with Gasteiger partial charge >= 0.3 is 0 Å². The largest absolute Gasteiger partial charge is 0.345 e. The summed E-state index contributed by atoms with van der Waals surface area (Å²) >= 11 is 0. The maximum Gasteiger partial charge on any atom is 0.209 e. The number of nitrogens with zero attached hydrogens (tertiary/aromatic N) is 1. The first kappa shape index (κ1) is 8.24. The molecule has 1 saturated carbocycles. The van der Waals surface area contributed by atoms with E-state index in [9.17, 15) is 9.59 Å². The van der Waals surface area contributed by atoms with Crippen molar-refractivity contribution < 1.29 is 9.59 Å². The lowest BCUT2D eigenvalue weighted by molar-refractivity contribution is -0.119. The van der Waals surface area contributed by atoms with E-state index < -0.39 is 0 Å². The highest BCUT2D eigenvalue weighted by Gasteiger charge is 2.26. The van der Waals surface area contributed by atoms with E-state index in [0.717, 1.165) is 32.0 Å². The number of hydrogen-bond donors (Lipinski definition) is 0. The van der Waals surface area contributed by atoms with Gasteiger partial charge in [0.1, 0.15) is 6.29 Å². The van der Waals surface area contributed by atoms with Crippen LogP contribution in [0.5, 0.6) is 0 Å². The van der Waals surface area contributed by atoms with Crippen LogP contribution in [0.1, 0.15) is 19.3 Å². The van der Waals surface area contributed by atoms with Crippen LogP contribution in [0.25, 0.3) is 0 Å². The quantitative estimate of drug-likeness (QED) is 0.555. The average molecular weight is 155 g/mol. The second-order valence-corrected chi connectivity index (χ2v) is 3.13. The fraction of sp³-hybridized carbons (Fsp3) is 0.750. The lowest BCUT2D eigenvalue weighted by Crippen LogP contribution is -2.27. The second-order valence-electron chi connectivity index (χ2n) is 3.13.